The molecule has 0 N–H and O–H groups in total. The van der Waals surface area contributed by atoms with E-state index in [-0.39, 0.29) is 31.2 Å². The van der Waals surface area contributed by atoms with E-state index in [4.69, 9.17) is 9.47 Å². The number of carbonyl (C=O) groups is 1. The Hall–Kier alpha value is -0.740. The van der Waals surface area contributed by atoms with Gasteiger partial charge in [0.25, 0.3) is 10.2 Å². The van der Waals surface area contributed by atoms with Crippen LogP contribution in [0.3, 0.4) is 0 Å². The van der Waals surface area contributed by atoms with Gasteiger partial charge in [-0.3, -0.25) is 4.79 Å². The second kappa shape index (κ2) is 7.22. The molecule has 0 aromatic carbocycles. The van der Waals surface area contributed by atoms with Gasteiger partial charge in [-0.2, -0.15) is 17.0 Å². The molecule has 0 spiro atoms. The Labute approximate surface area is 132 Å². The Bertz CT molecular complexity index is 494. The van der Waals surface area contributed by atoms with Crippen LogP contribution in [0.4, 0.5) is 0 Å². The minimum Gasteiger partial charge on any atom is -0.383 e. The molecule has 2 rings (SSSR count). The molecule has 1 amide bonds. The summed E-state index contributed by atoms with van der Waals surface area (Å²) in [7, 11) is -1.93. The van der Waals surface area contributed by atoms with Crippen LogP contribution < -0.4 is 0 Å². The molecule has 9 heteroatoms. The number of morpholine rings is 1. The van der Waals surface area contributed by atoms with Gasteiger partial charge in [0.15, 0.2) is 0 Å². The first-order valence-electron chi connectivity index (χ1n) is 7.60. The van der Waals surface area contributed by atoms with Gasteiger partial charge < -0.3 is 14.4 Å². The number of hydrogen-bond acceptors (Lipinski definition) is 5. The molecule has 2 fully saturated rings. The van der Waals surface area contributed by atoms with Gasteiger partial charge in [-0.25, -0.2) is 0 Å². The molecular formula is C13H25N3O5S. The van der Waals surface area contributed by atoms with Gasteiger partial charge in [0.2, 0.25) is 5.91 Å². The Morgan fingerprint density at radius 1 is 1.32 bits per heavy atom. The van der Waals surface area contributed by atoms with Crippen LogP contribution in [0.5, 0.6) is 0 Å². The predicted octanol–water partition coefficient (Wildman–Crippen LogP) is -0.869. The zero-order chi connectivity index (χ0) is 16.3. The van der Waals surface area contributed by atoms with E-state index in [1.165, 1.54) is 8.61 Å². The summed E-state index contributed by atoms with van der Waals surface area (Å²) < 4.78 is 38.6. The Morgan fingerprint density at radius 3 is 2.59 bits per heavy atom. The number of amides is 1. The highest BCUT2D eigenvalue weighted by molar-refractivity contribution is 7.86. The topological polar surface area (TPSA) is 79.4 Å². The summed E-state index contributed by atoms with van der Waals surface area (Å²) in [5, 5.41) is 0. The molecule has 0 aromatic heterocycles. The number of nitrogens with zero attached hydrogens (tertiary/aromatic N) is 3. The summed E-state index contributed by atoms with van der Waals surface area (Å²) in [4.78, 5) is 13.7. The SMILES string of the molecule is CCN(CC)S(=O)(=O)N1C[C@@H]2OCC(=O)N(CCOC)[C@H]2C1. The maximum atomic E-state index is 12.6. The van der Waals surface area contributed by atoms with Crippen molar-refractivity contribution in [2.24, 2.45) is 0 Å². The van der Waals surface area contributed by atoms with Crippen LogP contribution in [-0.2, 0) is 24.5 Å². The molecule has 22 heavy (non-hydrogen) atoms. The van der Waals surface area contributed by atoms with Crippen molar-refractivity contribution in [2.45, 2.75) is 26.0 Å². The Kier molecular flexibility index (Phi) is 5.78. The molecule has 0 unspecified atom stereocenters. The fourth-order valence-electron chi connectivity index (χ4n) is 3.01. The van der Waals surface area contributed by atoms with Crippen molar-refractivity contribution in [3.63, 3.8) is 0 Å². The highest BCUT2D eigenvalue weighted by atomic mass is 32.2. The molecule has 2 heterocycles. The van der Waals surface area contributed by atoms with Crippen molar-refractivity contribution in [1.29, 1.82) is 0 Å². The number of hydrogen-bond donors (Lipinski definition) is 0. The van der Waals surface area contributed by atoms with E-state index >= 15 is 0 Å². The van der Waals surface area contributed by atoms with Gasteiger partial charge >= 0.3 is 0 Å². The lowest BCUT2D eigenvalue weighted by Gasteiger charge is -2.36. The fourth-order valence-corrected chi connectivity index (χ4v) is 4.67. The van der Waals surface area contributed by atoms with Crippen molar-refractivity contribution in [2.75, 3.05) is 53.0 Å². The molecule has 8 nitrogen and oxygen atoms in total. The van der Waals surface area contributed by atoms with Crippen molar-refractivity contribution in [3.8, 4) is 0 Å². The lowest BCUT2D eigenvalue weighted by Crippen LogP contribution is -2.55. The quantitative estimate of drug-likeness (QED) is 0.604. The third kappa shape index (κ3) is 3.28. The van der Waals surface area contributed by atoms with E-state index in [2.05, 4.69) is 0 Å². The summed E-state index contributed by atoms with van der Waals surface area (Å²) in [6.45, 7) is 5.94. The molecular weight excluding hydrogens is 310 g/mol. The summed E-state index contributed by atoms with van der Waals surface area (Å²) in [5.41, 5.74) is 0. The normalized spacial score (nSPS) is 26.7. The molecule has 2 aliphatic heterocycles. The average Bonchev–Trinajstić information content (AvgIpc) is 2.92. The Morgan fingerprint density at radius 2 is 2.00 bits per heavy atom. The molecule has 2 saturated heterocycles. The van der Waals surface area contributed by atoms with Crippen LogP contribution in [0.1, 0.15) is 13.8 Å². The van der Waals surface area contributed by atoms with Crippen LogP contribution >= 0.6 is 0 Å². The predicted molar refractivity (Wildman–Crippen MR) is 80.5 cm³/mol. The standard InChI is InChI=1S/C13H25N3O5S/c1-4-14(5-2)22(18,19)15-8-11-12(9-15)21-10-13(17)16(11)6-7-20-3/h11-12H,4-10H2,1-3H3/t11-,12-/m0/s1. The number of rotatable bonds is 7. The van der Waals surface area contributed by atoms with Gasteiger partial charge in [-0.15, -0.1) is 0 Å². The van der Waals surface area contributed by atoms with Crippen LogP contribution in [0.25, 0.3) is 0 Å². The van der Waals surface area contributed by atoms with Gasteiger partial charge in [0, 0.05) is 39.8 Å². The van der Waals surface area contributed by atoms with E-state index in [0.29, 0.717) is 32.8 Å². The Balaban J connectivity index is 2.13. The summed E-state index contributed by atoms with van der Waals surface area (Å²) in [6.07, 6.45) is -0.264. The van der Waals surface area contributed by atoms with Crippen molar-refractivity contribution >= 4 is 16.1 Å². The maximum Gasteiger partial charge on any atom is 0.282 e. The lowest BCUT2D eigenvalue weighted by atomic mass is 10.1. The molecule has 128 valence electrons. The van der Waals surface area contributed by atoms with E-state index < -0.39 is 10.2 Å². The van der Waals surface area contributed by atoms with Crippen LogP contribution in [0, 0.1) is 0 Å². The van der Waals surface area contributed by atoms with Crippen molar-refractivity contribution < 1.29 is 22.7 Å². The number of methoxy groups -OCH3 is 1. The largest absolute Gasteiger partial charge is 0.383 e. The second-order valence-corrected chi connectivity index (χ2v) is 7.33. The van der Waals surface area contributed by atoms with Crippen LogP contribution in [-0.4, -0.2) is 93.0 Å². The minimum atomic E-state index is -3.50. The average molecular weight is 335 g/mol. The second-order valence-electron chi connectivity index (χ2n) is 5.41. The number of ether oxygens (including phenoxy) is 2. The molecule has 2 aliphatic rings. The van der Waals surface area contributed by atoms with Crippen LogP contribution in [0.15, 0.2) is 0 Å². The van der Waals surface area contributed by atoms with E-state index in [1.807, 2.05) is 13.8 Å². The highest BCUT2D eigenvalue weighted by Crippen LogP contribution is 2.26. The third-order valence-electron chi connectivity index (χ3n) is 4.24. The first-order chi connectivity index (χ1) is 10.5. The molecule has 0 radical (unpaired) electrons. The summed E-state index contributed by atoms with van der Waals surface area (Å²) in [6, 6.07) is -0.235. The lowest BCUT2D eigenvalue weighted by molar-refractivity contribution is -0.153. The summed E-state index contributed by atoms with van der Waals surface area (Å²) >= 11 is 0. The van der Waals surface area contributed by atoms with Crippen molar-refractivity contribution in [3.05, 3.63) is 0 Å². The van der Waals surface area contributed by atoms with Crippen molar-refractivity contribution in [1.82, 2.24) is 13.5 Å². The summed E-state index contributed by atoms with van der Waals surface area (Å²) in [5.74, 6) is -0.111. The van der Waals surface area contributed by atoms with E-state index in [0.717, 1.165) is 0 Å². The first-order valence-corrected chi connectivity index (χ1v) is 9.00. The first kappa shape index (κ1) is 17.6. The molecule has 2 atom stereocenters. The maximum absolute atomic E-state index is 12.6. The molecule has 0 aromatic rings. The fraction of sp³-hybridized carbons (Fsp3) is 0.923. The van der Waals surface area contributed by atoms with Gasteiger partial charge in [-0.1, -0.05) is 13.8 Å². The highest BCUT2D eigenvalue weighted by Gasteiger charge is 2.47. The van der Waals surface area contributed by atoms with Gasteiger partial charge in [-0.05, 0) is 0 Å². The van der Waals surface area contributed by atoms with E-state index in [1.54, 1.807) is 12.0 Å². The molecule has 0 aliphatic carbocycles. The van der Waals surface area contributed by atoms with Gasteiger partial charge in [0.1, 0.15) is 6.61 Å². The number of fused-ring (bicyclic) bond motifs is 1. The number of carbonyl (C=O) groups excluding carboxylic acids is 1. The zero-order valence-electron chi connectivity index (χ0n) is 13.4. The zero-order valence-corrected chi connectivity index (χ0v) is 14.2. The minimum absolute atomic E-state index is 0.00401. The van der Waals surface area contributed by atoms with E-state index in [9.17, 15) is 13.2 Å². The van der Waals surface area contributed by atoms with Gasteiger partial charge in [0.05, 0.1) is 18.8 Å². The third-order valence-corrected chi connectivity index (χ3v) is 6.36. The van der Waals surface area contributed by atoms with Crippen LogP contribution in [0.2, 0.25) is 0 Å². The molecule has 0 saturated carbocycles. The monoisotopic (exact) mass is 335 g/mol. The molecule has 0 bridgehead atoms. The smallest absolute Gasteiger partial charge is 0.282 e.